The Morgan fingerprint density at radius 1 is 1.29 bits per heavy atom. The number of hydrogen-bond donors (Lipinski definition) is 2. The highest BCUT2D eigenvalue weighted by Crippen LogP contribution is 2.26. The van der Waals surface area contributed by atoms with Crippen molar-refractivity contribution in [3.05, 3.63) is 39.9 Å². The van der Waals surface area contributed by atoms with E-state index in [0.29, 0.717) is 12.8 Å². The Balaban J connectivity index is 1.98. The average Bonchev–Trinajstić information content (AvgIpc) is 2.70. The number of aliphatic hydroxyl groups is 1. The number of nitrogens with zero attached hydrogens (tertiary/aromatic N) is 1. The standard InChI is InChI=1S/C15H20N2O4/c18-14(12-6-5-7-13(10-12)17(20)21)16-11-15(19)8-3-1-2-4-9-15/h5-7,10,19H,1-4,8-9,11H2,(H,16,18). The van der Waals surface area contributed by atoms with Crippen molar-refractivity contribution in [2.45, 2.75) is 44.1 Å². The van der Waals surface area contributed by atoms with Crippen molar-refractivity contribution < 1.29 is 14.8 Å². The topological polar surface area (TPSA) is 92.5 Å². The summed E-state index contributed by atoms with van der Waals surface area (Å²) in [6.07, 6.45) is 5.51. The molecule has 1 aliphatic rings. The van der Waals surface area contributed by atoms with Gasteiger partial charge in [0.25, 0.3) is 11.6 Å². The van der Waals surface area contributed by atoms with Gasteiger partial charge in [-0.1, -0.05) is 31.7 Å². The van der Waals surface area contributed by atoms with Crippen LogP contribution in [0, 0.1) is 10.1 Å². The second kappa shape index (κ2) is 6.67. The van der Waals surface area contributed by atoms with E-state index in [1.54, 1.807) is 0 Å². The molecule has 114 valence electrons. The molecule has 1 fully saturated rings. The Morgan fingerprint density at radius 2 is 1.95 bits per heavy atom. The molecule has 0 bridgehead atoms. The van der Waals surface area contributed by atoms with E-state index in [2.05, 4.69) is 5.32 Å². The molecule has 6 heteroatoms. The molecule has 0 spiro atoms. The molecule has 0 saturated heterocycles. The second-order valence-corrected chi connectivity index (χ2v) is 5.63. The minimum atomic E-state index is -0.854. The fraction of sp³-hybridized carbons (Fsp3) is 0.533. The van der Waals surface area contributed by atoms with E-state index in [-0.39, 0.29) is 17.8 Å². The van der Waals surface area contributed by atoms with E-state index in [0.717, 1.165) is 25.7 Å². The predicted molar refractivity (Wildman–Crippen MR) is 78.1 cm³/mol. The summed E-state index contributed by atoms with van der Waals surface area (Å²) in [7, 11) is 0. The fourth-order valence-electron chi connectivity index (χ4n) is 2.67. The predicted octanol–water partition coefficient (Wildman–Crippen LogP) is 2.41. The summed E-state index contributed by atoms with van der Waals surface area (Å²) >= 11 is 0. The number of rotatable bonds is 4. The van der Waals surface area contributed by atoms with Gasteiger partial charge >= 0.3 is 0 Å². The molecular formula is C15H20N2O4. The highest BCUT2D eigenvalue weighted by Gasteiger charge is 2.28. The van der Waals surface area contributed by atoms with Crippen molar-refractivity contribution in [2.75, 3.05) is 6.54 Å². The average molecular weight is 292 g/mol. The molecule has 1 aromatic carbocycles. The van der Waals surface area contributed by atoms with E-state index in [1.807, 2.05) is 0 Å². The molecule has 0 heterocycles. The molecule has 0 unspecified atom stereocenters. The molecule has 0 radical (unpaired) electrons. The first-order chi connectivity index (χ1) is 10.0. The Labute approximate surface area is 123 Å². The molecule has 21 heavy (non-hydrogen) atoms. The minimum Gasteiger partial charge on any atom is -0.388 e. The summed E-state index contributed by atoms with van der Waals surface area (Å²) in [5, 5.41) is 23.9. The van der Waals surface area contributed by atoms with Crippen LogP contribution in [-0.4, -0.2) is 28.1 Å². The highest BCUT2D eigenvalue weighted by molar-refractivity contribution is 5.94. The van der Waals surface area contributed by atoms with Gasteiger partial charge in [0.15, 0.2) is 0 Å². The van der Waals surface area contributed by atoms with E-state index in [1.165, 1.54) is 24.3 Å². The lowest BCUT2D eigenvalue weighted by Gasteiger charge is -2.26. The van der Waals surface area contributed by atoms with Crippen molar-refractivity contribution in [3.8, 4) is 0 Å². The number of carbonyl (C=O) groups is 1. The first-order valence-electron chi connectivity index (χ1n) is 7.25. The van der Waals surface area contributed by atoms with Crippen LogP contribution in [-0.2, 0) is 0 Å². The van der Waals surface area contributed by atoms with Gasteiger partial charge in [0.05, 0.1) is 10.5 Å². The normalized spacial score (nSPS) is 17.8. The van der Waals surface area contributed by atoms with Gasteiger partial charge in [-0.25, -0.2) is 0 Å². The summed E-state index contributed by atoms with van der Waals surface area (Å²) in [5.74, 6) is -0.392. The lowest BCUT2D eigenvalue weighted by molar-refractivity contribution is -0.384. The summed E-state index contributed by atoms with van der Waals surface area (Å²) in [5.41, 5.74) is -0.732. The van der Waals surface area contributed by atoms with E-state index < -0.39 is 16.4 Å². The maximum absolute atomic E-state index is 12.0. The molecule has 0 aromatic heterocycles. The summed E-state index contributed by atoms with van der Waals surface area (Å²) in [4.78, 5) is 22.2. The number of hydrogen-bond acceptors (Lipinski definition) is 4. The molecule has 1 amide bonds. The third kappa shape index (κ3) is 4.26. The summed E-state index contributed by atoms with van der Waals surface area (Å²) in [6.45, 7) is 0.189. The quantitative estimate of drug-likeness (QED) is 0.506. The van der Waals surface area contributed by atoms with Crippen LogP contribution in [0.2, 0.25) is 0 Å². The number of nitrogens with one attached hydrogen (secondary N) is 1. The van der Waals surface area contributed by atoms with Crippen LogP contribution in [0.5, 0.6) is 0 Å². The zero-order valence-corrected chi connectivity index (χ0v) is 11.9. The van der Waals surface area contributed by atoms with Crippen molar-refractivity contribution in [3.63, 3.8) is 0 Å². The van der Waals surface area contributed by atoms with Gasteiger partial charge in [0, 0.05) is 24.2 Å². The van der Waals surface area contributed by atoms with Crippen LogP contribution in [0.15, 0.2) is 24.3 Å². The molecule has 1 saturated carbocycles. The van der Waals surface area contributed by atoms with E-state index in [4.69, 9.17) is 0 Å². The maximum Gasteiger partial charge on any atom is 0.270 e. The van der Waals surface area contributed by atoms with Crippen LogP contribution in [0.25, 0.3) is 0 Å². The number of nitro benzene ring substituents is 1. The smallest absolute Gasteiger partial charge is 0.270 e. The molecule has 0 aliphatic heterocycles. The molecular weight excluding hydrogens is 272 g/mol. The third-order valence-corrected chi connectivity index (χ3v) is 3.93. The van der Waals surface area contributed by atoms with Gasteiger partial charge < -0.3 is 10.4 Å². The Kier molecular flexibility index (Phi) is 4.90. The maximum atomic E-state index is 12.0. The molecule has 1 aromatic rings. The highest BCUT2D eigenvalue weighted by atomic mass is 16.6. The number of benzene rings is 1. The van der Waals surface area contributed by atoms with Gasteiger partial charge in [-0.15, -0.1) is 0 Å². The first kappa shape index (κ1) is 15.4. The van der Waals surface area contributed by atoms with Crippen molar-refractivity contribution in [1.29, 1.82) is 0 Å². The van der Waals surface area contributed by atoms with Gasteiger partial charge in [-0.3, -0.25) is 14.9 Å². The Morgan fingerprint density at radius 3 is 2.57 bits per heavy atom. The van der Waals surface area contributed by atoms with E-state index in [9.17, 15) is 20.0 Å². The van der Waals surface area contributed by atoms with Crippen molar-refractivity contribution in [1.82, 2.24) is 5.32 Å². The zero-order chi connectivity index (χ0) is 15.3. The van der Waals surface area contributed by atoms with Crippen LogP contribution in [0.4, 0.5) is 5.69 Å². The number of nitro groups is 1. The van der Waals surface area contributed by atoms with Crippen LogP contribution in [0.3, 0.4) is 0 Å². The second-order valence-electron chi connectivity index (χ2n) is 5.63. The SMILES string of the molecule is O=C(NCC1(O)CCCCCC1)c1cccc([N+](=O)[O-])c1. The lowest BCUT2D eigenvalue weighted by atomic mass is 9.94. The number of amides is 1. The van der Waals surface area contributed by atoms with Gasteiger partial charge in [0.2, 0.25) is 0 Å². The fourth-order valence-corrected chi connectivity index (χ4v) is 2.67. The molecule has 2 N–H and O–H groups in total. The number of carbonyl (C=O) groups excluding carboxylic acids is 1. The third-order valence-electron chi connectivity index (χ3n) is 3.93. The van der Waals surface area contributed by atoms with Gasteiger partial charge in [0.1, 0.15) is 0 Å². The first-order valence-corrected chi connectivity index (χ1v) is 7.25. The monoisotopic (exact) mass is 292 g/mol. The summed E-state index contributed by atoms with van der Waals surface area (Å²) in [6, 6.07) is 5.59. The van der Waals surface area contributed by atoms with Crippen LogP contribution >= 0.6 is 0 Å². The van der Waals surface area contributed by atoms with Gasteiger partial charge in [-0.2, -0.15) is 0 Å². The van der Waals surface area contributed by atoms with Gasteiger partial charge in [-0.05, 0) is 18.9 Å². The molecule has 2 rings (SSSR count). The summed E-state index contributed by atoms with van der Waals surface area (Å²) < 4.78 is 0. The van der Waals surface area contributed by atoms with Crippen LogP contribution in [0.1, 0.15) is 48.9 Å². The molecule has 6 nitrogen and oxygen atoms in total. The molecule has 0 atom stereocenters. The lowest BCUT2D eigenvalue weighted by Crippen LogP contribution is -2.42. The largest absolute Gasteiger partial charge is 0.388 e. The van der Waals surface area contributed by atoms with Crippen molar-refractivity contribution >= 4 is 11.6 Å². The zero-order valence-electron chi connectivity index (χ0n) is 11.9. The minimum absolute atomic E-state index is 0.115. The van der Waals surface area contributed by atoms with Crippen LogP contribution < -0.4 is 5.32 Å². The van der Waals surface area contributed by atoms with Crippen molar-refractivity contribution in [2.24, 2.45) is 0 Å². The van der Waals surface area contributed by atoms with E-state index >= 15 is 0 Å². The Bertz CT molecular complexity index is 522. The number of non-ortho nitro benzene ring substituents is 1. The Hall–Kier alpha value is -1.95. The molecule has 1 aliphatic carbocycles.